The molecule has 0 aliphatic rings. The molecule has 0 unspecified atom stereocenters. The Kier molecular flexibility index (Phi) is 3.52. The van der Waals surface area contributed by atoms with Gasteiger partial charge in [-0.1, -0.05) is 37.3 Å². The van der Waals surface area contributed by atoms with Crippen LogP contribution in [0.1, 0.15) is 12.5 Å². The molecule has 0 saturated carbocycles. The molecule has 0 fully saturated rings. The zero-order chi connectivity index (χ0) is 12.3. The van der Waals surface area contributed by atoms with Gasteiger partial charge in [-0.3, -0.25) is 0 Å². The van der Waals surface area contributed by atoms with Gasteiger partial charge in [0.1, 0.15) is 0 Å². The van der Waals surface area contributed by atoms with E-state index in [0.717, 1.165) is 18.1 Å². The fourth-order valence-electron chi connectivity index (χ4n) is 1.74. The van der Waals surface area contributed by atoms with Crippen LogP contribution in [0, 0.1) is 18.1 Å². The van der Waals surface area contributed by atoms with Crippen molar-refractivity contribution in [3.8, 4) is 11.1 Å². The fraction of sp³-hybridized carbons (Fsp3) is 0.133. The van der Waals surface area contributed by atoms with Crippen molar-refractivity contribution in [1.29, 1.82) is 0 Å². The van der Waals surface area contributed by atoms with E-state index in [-0.39, 0.29) is 0 Å². The number of rotatable bonds is 3. The van der Waals surface area contributed by atoms with E-state index >= 15 is 0 Å². The number of hydrogen-bond acceptors (Lipinski definition) is 0. The van der Waals surface area contributed by atoms with E-state index in [0.29, 0.717) is 5.56 Å². The number of hydrogen-bond donors (Lipinski definition) is 0. The Morgan fingerprint density at radius 3 is 2.12 bits per heavy atom. The average Bonchev–Trinajstić information content (AvgIpc) is 2.34. The summed E-state index contributed by atoms with van der Waals surface area (Å²) < 4.78 is 25.9. The summed E-state index contributed by atoms with van der Waals surface area (Å²) in [7, 11) is 0. The summed E-state index contributed by atoms with van der Waals surface area (Å²) in [5, 5.41) is 0. The molecule has 2 heteroatoms. The minimum atomic E-state index is -0.814. The molecule has 0 N–H and O–H groups in total. The molecule has 0 saturated heterocycles. The highest BCUT2D eigenvalue weighted by Gasteiger charge is 2.04. The Bertz CT molecular complexity index is 501. The molecule has 0 aliphatic heterocycles. The van der Waals surface area contributed by atoms with Crippen LogP contribution in [0.25, 0.3) is 11.1 Å². The first-order chi connectivity index (χ1) is 8.20. The molecule has 2 aromatic rings. The van der Waals surface area contributed by atoms with Gasteiger partial charge in [-0.2, -0.15) is 0 Å². The Labute approximate surface area is 99.9 Å². The number of halogens is 2. The van der Waals surface area contributed by atoms with Crippen LogP contribution >= 0.6 is 0 Å². The maximum absolute atomic E-state index is 13.1. The first kappa shape index (κ1) is 11.8. The largest absolute Gasteiger partial charge is 0.204 e. The monoisotopic (exact) mass is 231 g/mol. The van der Waals surface area contributed by atoms with Crippen LogP contribution in [-0.4, -0.2) is 0 Å². The third-order valence-electron chi connectivity index (χ3n) is 2.65. The molecule has 17 heavy (non-hydrogen) atoms. The van der Waals surface area contributed by atoms with Crippen LogP contribution < -0.4 is 0 Å². The lowest BCUT2D eigenvalue weighted by Crippen LogP contribution is -1.87. The zero-order valence-electron chi connectivity index (χ0n) is 9.58. The summed E-state index contributed by atoms with van der Waals surface area (Å²) in [5.74, 6) is -1.63. The van der Waals surface area contributed by atoms with E-state index in [9.17, 15) is 8.78 Å². The van der Waals surface area contributed by atoms with Gasteiger partial charge in [0.05, 0.1) is 0 Å². The highest BCUT2D eigenvalue weighted by Crippen LogP contribution is 2.22. The minimum absolute atomic E-state index is 0.691. The standard InChI is InChI=1S/C15H13F2/c1-2-3-11-4-6-12(7-5-11)13-8-9-14(16)15(17)10-13/h2,4-10H,3H2,1H3. The van der Waals surface area contributed by atoms with Crippen molar-refractivity contribution in [2.24, 2.45) is 0 Å². The van der Waals surface area contributed by atoms with E-state index in [1.807, 2.05) is 31.2 Å². The lowest BCUT2D eigenvalue weighted by molar-refractivity contribution is 0.509. The van der Waals surface area contributed by atoms with Gasteiger partial charge in [0, 0.05) is 0 Å². The van der Waals surface area contributed by atoms with E-state index in [1.54, 1.807) is 6.07 Å². The van der Waals surface area contributed by atoms with Crippen LogP contribution in [0.2, 0.25) is 0 Å². The molecule has 2 rings (SSSR count). The molecule has 0 nitrogen and oxygen atoms in total. The van der Waals surface area contributed by atoms with Gasteiger partial charge in [-0.05, 0) is 41.7 Å². The third-order valence-corrected chi connectivity index (χ3v) is 2.65. The van der Waals surface area contributed by atoms with E-state index in [1.165, 1.54) is 11.6 Å². The molecule has 0 atom stereocenters. The molecule has 0 amide bonds. The van der Waals surface area contributed by atoms with Crippen LogP contribution in [0.4, 0.5) is 8.78 Å². The van der Waals surface area contributed by atoms with Crippen molar-refractivity contribution in [1.82, 2.24) is 0 Å². The molecule has 0 spiro atoms. The summed E-state index contributed by atoms with van der Waals surface area (Å²) in [6.07, 6.45) is 2.99. The van der Waals surface area contributed by atoms with E-state index in [2.05, 4.69) is 6.42 Å². The molecule has 0 bridgehead atoms. The second kappa shape index (κ2) is 5.09. The van der Waals surface area contributed by atoms with Gasteiger partial charge >= 0.3 is 0 Å². The van der Waals surface area contributed by atoms with Gasteiger partial charge in [-0.25, -0.2) is 8.78 Å². The van der Waals surface area contributed by atoms with Gasteiger partial charge in [0.2, 0.25) is 0 Å². The third kappa shape index (κ3) is 2.70. The van der Waals surface area contributed by atoms with Crippen molar-refractivity contribution in [2.75, 3.05) is 0 Å². The average molecular weight is 231 g/mol. The van der Waals surface area contributed by atoms with E-state index < -0.39 is 11.6 Å². The minimum Gasteiger partial charge on any atom is -0.204 e. The maximum Gasteiger partial charge on any atom is 0.159 e. The highest BCUT2D eigenvalue weighted by molar-refractivity contribution is 5.63. The maximum atomic E-state index is 13.1. The Morgan fingerprint density at radius 2 is 1.53 bits per heavy atom. The van der Waals surface area contributed by atoms with Crippen LogP contribution in [0.15, 0.2) is 42.5 Å². The van der Waals surface area contributed by atoms with Crippen LogP contribution in [-0.2, 0) is 6.42 Å². The molecule has 0 heterocycles. The molecular weight excluding hydrogens is 218 g/mol. The molecule has 0 aromatic heterocycles. The van der Waals surface area contributed by atoms with Crippen molar-refractivity contribution >= 4 is 0 Å². The lowest BCUT2D eigenvalue weighted by atomic mass is 10.0. The van der Waals surface area contributed by atoms with Crippen molar-refractivity contribution in [3.63, 3.8) is 0 Å². The summed E-state index contributed by atoms with van der Waals surface area (Å²) in [6, 6.07) is 11.8. The lowest BCUT2D eigenvalue weighted by Gasteiger charge is -2.04. The topological polar surface area (TPSA) is 0 Å². The second-order valence-electron chi connectivity index (χ2n) is 3.94. The number of benzene rings is 2. The molecular formula is C15H13F2. The summed E-state index contributed by atoms with van der Waals surface area (Å²) in [6.45, 7) is 2.00. The first-order valence-electron chi connectivity index (χ1n) is 5.53. The Hall–Kier alpha value is -1.70. The predicted molar refractivity (Wildman–Crippen MR) is 65.5 cm³/mol. The van der Waals surface area contributed by atoms with Crippen molar-refractivity contribution in [3.05, 3.63) is 66.1 Å². The molecule has 0 aliphatic carbocycles. The van der Waals surface area contributed by atoms with Crippen molar-refractivity contribution in [2.45, 2.75) is 13.3 Å². The summed E-state index contributed by atoms with van der Waals surface area (Å²) in [4.78, 5) is 0. The van der Waals surface area contributed by atoms with Gasteiger partial charge in [0.25, 0.3) is 0 Å². The second-order valence-corrected chi connectivity index (χ2v) is 3.94. The molecule has 1 radical (unpaired) electrons. The smallest absolute Gasteiger partial charge is 0.159 e. The molecule has 87 valence electrons. The van der Waals surface area contributed by atoms with Crippen molar-refractivity contribution < 1.29 is 8.78 Å². The Balaban J connectivity index is 2.30. The predicted octanol–water partition coefficient (Wildman–Crippen LogP) is 4.40. The van der Waals surface area contributed by atoms with Crippen LogP contribution in [0.3, 0.4) is 0 Å². The zero-order valence-corrected chi connectivity index (χ0v) is 9.58. The summed E-state index contributed by atoms with van der Waals surface area (Å²) >= 11 is 0. The van der Waals surface area contributed by atoms with E-state index in [4.69, 9.17) is 0 Å². The van der Waals surface area contributed by atoms with Crippen LogP contribution in [0.5, 0.6) is 0 Å². The molecule has 2 aromatic carbocycles. The van der Waals surface area contributed by atoms with Gasteiger partial charge in [0.15, 0.2) is 11.6 Å². The summed E-state index contributed by atoms with van der Waals surface area (Å²) in [5.41, 5.74) is 2.79. The fourth-order valence-corrected chi connectivity index (χ4v) is 1.74. The first-order valence-corrected chi connectivity index (χ1v) is 5.53. The normalized spacial score (nSPS) is 10.5. The van der Waals surface area contributed by atoms with Gasteiger partial charge < -0.3 is 0 Å². The Morgan fingerprint density at radius 1 is 0.882 bits per heavy atom. The highest BCUT2D eigenvalue weighted by atomic mass is 19.2. The van der Waals surface area contributed by atoms with Gasteiger partial charge in [-0.15, -0.1) is 0 Å². The SMILES string of the molecule is C[CH]Cc1ccc(-c2ccc(F)c(F)c2)cc1. The quantitative estimate of drug-likeness (QED) is 0.734.